The van der Waals surface area contributed by atoms with Crippen LogP contribution in [-0.2, 0) is 6.54 Å². The molecule has 2 aromatic heterocycles. The molecule has 0 atom stereocenters. The predicted octanol–water partition coefficient (Wildman–Crippen LogP) is 3.11. The number of hydrogen-bond donors (Lipinski definition) is 1. The van der Waals surface area contributed by atoms with Gasteiger partial charge in [0, 0.05) is 24.4 Å². The number of para-hydroxylation sites is 2. The van der Waals surface area contributed by atoms with E-state index >= 15 is 0 Å². The van der Waals surface area contributed by atoms with Crippen molar-refractivity contribution in [2.24, 2.45) is 4.99 Å². The summed E-state index contributed by atoms with van der Waals surface area (Å²) in [6.45, 7) is 0.616. The number of aromatic nitrogens is 4. The second-order valence-corrected chi connectivity index (χ2v) is 6.49. The third-order valence-corrected chi connectivity index (χ3v) is 4.48. The maximum Gasteiger partial charge on any atom is 0.225 e. The van der Waals surface area contributed by atoms with Gasteiger partial charge >= 0.3 is 0 Å². The quantitative estimate of drug-likeness (QED) is 0.793. The zero-order chi connectivity index (χ0) is 16.4. The van der Waals surface area contributed by atoms with Crippen LogP contribution in [0.4, 0.5) is 5.95 Å². The average Bonchev–Trinajstić information content (AvgIpc) is 3.24. The van der Waals surface area contributed by atoms with Gasteiger partial charge in [0.05, 0.1) is 29.1 Å². The molecule has 0 radical (unpaired) electrons. The highest BCUT2D eigenvalue weighted by atomic mass is 32.2. The summed E-state index contributed by atoms with van der Waals surface area (Å²) in [6, 6.07) is 9.91. The summed E-state index contributed by atoms with van der Waals surface area (Å²) < 4.78 is 0. The summed E-state index contributed by atoms with van der Waals surface area (Å²) in [4.78, 5) is 24.2. The number of imidazole rings is 1. The molecule has 1 N–H and O–H groups in total. The summed E-state index contributed by atoms with van der Waals surface area (Å²) in [7, 11) is 1.96. The first-order chi connectivity index (χ1) is 11.8. The van der Waals surface area contributed by atoms with Gasteiger partial charge in [0.15, 0.2) is 0 Å². The molecule has 0 bridgehead atoms. The minimum Gasteiger partial charge on any atom is -0.340 e. The Labute approximate surface area is 143 Å². The fourth-order valence-electron chi connectivity index (χ4n) is 2.50. The second-order valence-electron chi connectivity index (χ2n) is 5.47. The number of anilines is 1. The zero-order valence-electron chi connectivity index (χ0n) is 13.2. The van der Waals surface area contributed by atoms with Gasteiger partial charge in [-0.1, -0.05) is 12.1 Å². The third-order valence-electron chi connectivity index (χ3n) is 3.65. The van der Waals surface area contributed by atoms with Gasteiger partial charge in [-0.15, -0.1) is 11.8 Å². The van der Waals surface area contributed by atoms with Crippen molar-refractivity contribution < 1.29 is 0 Å². The number of H-pyrrole nitrogens is 1. The van der Waals surface area contributed by atoms with Gasteiger partial charge in [-0.2, -0.15) is 0 Å². The van der Waals surface area contributed by atoms with Crippen LogP contribution in [0.1, 0.15) is 11.5 Å². The van der Waals surface area contributed by atoms with E-state index in [1.54, 1.807) is 18.0 Å². The molecule has 4 rings (SSSR count). The van der Waals surface area contributed by atoms with Crippen molar-refractivity contribution in [3.63, 3.8) is 0 Å². The van der Waals surface area contributed by atoms with Gasteiger partial charge in [0.1, 0.15) is 5.82 Å². The van der Waals surface area contributed by atoms with E-state index in [1.807, 2.05) is 54.6 Å². The van der Waals surface area contributed by atoms with Crippen LogP contribution in [0.2, 0.25) is 0 Å². The number of allylic oxidation sites excluding steroid dienone is 1. The Bertz CT molecular complexity index is 896. The van der Waals surface area contributed by atoms with E-state index in [0.29, 0.717) is 12.5 Å². The average molecular weight is 336 g/mol. The number of thioether (sulfide) groups is 1. The van der Waals surface area contributed by atoms with Crippen molar-refractivity contribution in [2.75, 3.05) is 17.8 Å². The normalized spacial score (nSPS) is 15.5. The Balaban J connectivity index is 1.54. The van der Waals surface area contributed by atoms with Crippen molar-refractivity contribution in [3.8, 4) is 0 Å². The number of nitrogens with one attached hydrogen (secondary N) is 1. The molecule has 24 heavy (non-hydrogen) atoms. The number of rotatable bonds is 4. The van der Waals surface area contributed by atoms with Crippen LogP contribution in [0.15, 0.2) is 46.4 Å². The van der Waals surface area contributed by atoms with Gasteiger partial charge in [-0.05, 0) is 24.3 Å². The first-order valence-electron chi connectivity index (χ1n) is 7.60. The van der Waals surface area contributed by atoms with Crippen LogP contribution in [0.3, 0.4) is 0 Å². The number of fused-ring (bicyclic) bond motifs is 1. The molecule has 6 nitrogen and oxygen atoms in total. The Morgan fingerprint density at radius 1 is 1.25 bits per heavy atom. The third kappa shape index (κ3) is 3.16. The summed E-state index contributed by atoms with van der Waals surface area (Å²) in [6.07, 6.45) is 5.69. The monoisotopic (exact) mass is 336 g/mol. The highest BCUT2D eigenvalue weighted by Crippen LogP contribution is 2.22. The molecule has 0 saturated carbocycles. The zero-order valence-corrected chi connectivity index (χ0v) is 14.0. The van der Waals surface area contributed by atoms with Gasteiger partial charge in [-0.25, -0.2) is 15.0 Å². The number of aliphatic imine (C=N–C) groups is 1. The van der Waals surface area contributed by atoms with Crippen molar-refractivity contribution in [2.45, 2.75) is 6.54 Å². The Kier molecular flexibility index (Phi) is 4.00. The number of nitrogens with zero attached hydrogens (tertiary/aromatic N) is 5. The SMILES string of the molecule is CN(Cc1nc2ccccc2[nH]1)c1nccc(/C=C2/C=NCS2)n1. The van der Waals surface area contributed by atoms with Crippen molar-refractivity contribution in [3.05, 3.63) is 53.0 Å². The first-order valence-corrected chi connectivity index (χ1v) is 8.59. The summed E-state index contributed by atoms with van der Waals surface area (Å²) >= 11 is 1.71. The molecule has 7 heteroatoms. The highest BCUT2D eigenvalue weighted by Gasteiger charge is 2.10. The van der Waals surface area contributed by atoms with Crippen molar-refractivity contribution in [1.82, 2.24) is 19.9 Å². The maximum atomic E-state index is 4.61. The van der Waals surface area contributed by atoms with E-state index in [4.69, 9.17) is 0 Å². The lowest BCUT2D eigenvalue weighted by Crippen LogP contribution is -2.20. The van der Waals surface area contributed by atoms with E-state index in [1.165, 1.54) is 0 Å². The number of benzene rings is 1. The lowest BCUT2D eigenvalue weighted by molar-refractivity contribution is 0.824. The standard InChI is InChI=1S/C17H16N6S/c1-23(10-16-21-14-4-2-3-5-15(14)22-16)17-19-7-6-12(20-17)8-13-9-18-11-24-13/h2-9H,10-11H2,1H3,(H,21,22)/b13-8-. The fraction of sp³-hybridized carbons (Fsp3) is 0.176. The van der Waals surface area contributed by atoms with Crippen molar-refractivity contribution in [1.29, 1.82) is 0 Å². The van der Waals surface area contributed by atoms with Gasteiger partial charge in [-0.3, -0.25) is 4.99 Å². The molecular weight excluding hydrogens is 320 g/mol. The summed E-state index contributed by atoms with van der Waals surface area (Å²) in [5, 5.41) is 0. The molecule has 3 heterocycles. The minimum atomic E-state index is 0.616. The molecule has 0 amide bonds. The molecule has 1 aliphatic rings. The van der Waals surface area contributed by atoms with Crippen LogP contribution in [0.5, 0.6) is 0 Å². The predicted molar refractivity (Wildman–Crippen MR) is 99.2 cm³/mol. The van der Waals surface area contributed by atoms with Crippen LogP contribution < -0.4 is 4.90 Å². The summed E-state index contributed by atoms with van der Waals surface area (Å²) in [5.41, 5.74) is 2.89. The molecule has 0 unspecified atom stereocenters. The largest absolute Gasteiger partial charge is 0.340 e. The van der Waals surface area contributed by atoms with E-state index in [2.05, 4.69) is 24.9 Å². The molecule has 0 saturated heterocycles. The van der Waals surface area contributed by atoms with Gasteiger partial charge < -0.3 is 9.88 Å². The maximum absolute atomic E-state index is 4.61. The topological polar surface area (TPSA) is 70.1 Å². The number of aromatic amines is 1. The number of hydrogen-bond acceptors (Lipinski definition) is 6. The molecule has 0 aliphatic carbocycles. The van der Waals surface area contributed by atoms with E-state index in [9.17, 15) is 0 Å². The fourth-order valence-corrected chi connectivity index (χ4v) is 3.15. The lowest BCUT2D eigenvalue weighted by atomic mass is 10.3. The molecule has 0 spiro atoms. The minimum absolute atomic E-state index is 0.616. The van der Waals surface area contributed by atoms with E-state index in [0.717, 1.165) is 33.3 Å². The van der Waals surface area contributed by atoms with Crippen LogP contribution in [0, 0.1) is 0 Å². The van der Waals surface area contributed by atoms with Crippen molar-refractivity contribution >= 4 is 41.0 Å². The second kappa shape index (κ2) is 6.45. The van der Waals surface area contributed by atoms with Gasteiger partial charge in [0.25, 0.3) is 0 Å². The van der Waals surface area contributed by atoms with Crippen LogP contribution in [0.25, 0.3) is 17.1 Å². The highest BCUT2D eigenvalue weighted by molar-refractivity contribution is 8.04. The molecule has 1 aliphatic heterocycles. The Morgan fingerprint density at radius 2 is 2.17 bits per heavy atom. The molecular formula is C17H16N6S. The lowest BCUT2D eigenvalue weighted by Gasteiger charge is -2.15. The van der Waals surface area contributed by atoms with E-state index < -0.39 is 0 Å². The van der Waals surface area contributed by atoms with Crippen LogP contribution in [-0.4, -0.2) is 39.1 Å². The molecule has 3 aromatic rings. The Hall–Kier alpha value is -2.67. The summed E-state index contributed by atoms with van der Waals surface area (Å²) in [5.74, 6) is 2.35. The Morgan fingerprint density at radius 3 is 3.00 bits per heavy atom. The van der Waals surface area contributed by atoms with Crippen LogP contribution >= 0.6 is 11.8 Å². The van der Waals surface area contributed by atoms with Gasteiger partial charge in [0.2, 0.25) is 5.95 Å². The molecule has 120 valence electrons. The smallest absolute Gasteiger partial charge is 0.225 e. The molecule has 0 fully saturated rings. The first kappa shape index (κ1) is 14.9. The van der Waals surface area contributed by atoms with E-state index in [-0.39, 0.29) is 0 Å². The molecule has 1 aromatic carbocycles.